The number of fused-ring (bicyclic) bond motifs is 1. The van der Waals surface area contributed by atoms with Gasteiger partial charge in [0.15, 0.2) is 0 Å². The summed E-state index contributed by atoms with van der Waals surface area (Å²) in [6.45, 7) is 0.947. The van der Waals surface area contributed by atoms with Gasteiger partial charge in [-0.2, -0.15) is 0 Å². The molecule has 1 aromatic carbocycles. The van der Waals surface area contributed by atoms with Crippen molar-refractivity contribution in [2.24, 2.45) is 0 Å². The highest BCUT2D eigenvalue weighted by atomic mass is 35.5. The number of carbonyl (C=O) groups is 1. The Hall–Kier alpha value is -1.74. The molecule has 1 fully saturated rings. The quantitative estimate of drug-likeness (QED) is 0.783. The molecule has 0 saturated carbocycles. The van der Waals surface area contributed by atoms with E-state index in [9.17, 15) is 4.79 Å². The van der Waals surface area contributed by atoms with Crippen molar-refractivity contribution < 1.29 is 9.53 Å². The molecule has 4 heteroatoms. The van der Waals surface area contributed by atoms with Crippen LogP contribution in [0.4, 0.5) is 0 Å². The number of likely N-dealkylation sites (tertiary alicyclic amines) is 1. The predicted molar refractivity (Wildman–Crippen MR) is 79.3 cm³/mol. The van der Waals surface area contributed by atoms with Crippen LogP contribution in [-0.4, -0.2) is 31.6 Å². The van der Waals surface area contributed by atoms with E-state index in [2.05, 4.69) is 4.90 Å². The van der Waals surface area contributed by atoms with E-state index in [1.165, 1.54) is 18.3 Å². The van der Waals surface area contributed by atoms with E-state index in [1.54, 1.807) is 0 Å². The summed E-state index contributed by atoms with van der Waals surface area (Å²) < 4.78 is 4.92. The van der Waals surface area contributed by atoms with E-state index in [1.807, 2.05) is 31.3 Å². The van der Waals surface area contributed by atoms with Gasteiger partial charge in [0.25, 0.3) is 0 Å². The van der Waals surface area contributed by atoms with Gasteiger partial charge in [-0.25, -0.2) is 4.79 Å². The van der Waals surface area contributed by atoms with E-state index in [4.69, 9.17) is 16.3 Å². The number of allylic oxidation sites excluding steroid dienone is 2. The monoisotopic (exact) mass is 289 g/mol. The van der Waals surface area contributed by atoms with Crippen molar-refractivity contribution >= 4 is 23.1 Å². The molecule has 0 N–H and O–H groups in total. The molecule has 3 rings (SSSR count). The van der Waals surface area contributed by atoms with Crippen LogP contribution < -0.4 is 0 Å². The van der Waals surface area contributed by atoms with Crippen LogP contribution in [0, 0.1) is 0 Å². The fourth-order valence-electron chi connectivity index (χ4n) is 3.03. The Morgan fingerprint density at radius 2 is 1.95 bits per heavy atom. The van der Waals surface area contributed by atoms with Crippen LogP contribution >= 0.6 is 11.6 Å². The molecule has 1 saturated heterocycles. The maximum atomic E-state index is 12.0. The zero-order valence-corrected chi connectivity index (χ0v) is 12.3. The van der Waals surface area contributed by atoms with E-state index in [-0.39, 0.29) is 5.97 Å². The number of ether oxygens (including phenoxy) is 1. The summed E-state index contributed by atoms with van der Waals surface area (Å²) in [4.78, 5) is 14.1. The number of methoxy groups -OCH3 is 1. The average Bonchev–Trinajstić information content (AvgIpc) is 3.00. The van der Waals surface area contributed by atoms with Crippen molar-refractivity contribution in [1.82, 2.24) is 4.90 Å². The third kappa shape index (κ3) is 2.02. The fraction of sp³-hybridized carbons (Fsp3) is 0.312. The summed E-state index contributed by atoms with van der Waals surface area (Å²) in [5, 5.41) is 0.724. The molecule has 1 heterocycles. The second-order valence-corrected chi connectivity index (χ2v) is 5.57. The fourth-order valence-corrected chi connectivity index (χ4v) is 3.16. The molecule has 0 aromatic heterocycles. The Morgan fingerprint density at radius 1 is 1.25 bits per heavy atom. The highest BCUT2D eigenvalue weighted by Crippen LogP contribution is 2.44. The molecule has 0 bridgehead atoms. The number of carbonyl (C=O) groups excluding carboxylic acids is 1. The molecular weight excluding hydrogens is 274 g/mol. The standard InChI is InChI=1S/C16H16ClNO2/c1-18-8-7-12-13(10-3-5-11(17)6-4-10)9-14(15(12)18)16(19)20-2/h3-6H,7-9H2,1-2H3. The molecule has 0 radical (unpaired) electrons. The van der Waals surface area contributed by atoms with Gasteiger partial charge in [-0.1, -0.05) is 23.7 Å². The maximum Gasteiger partial charge on any atom is 0.336 e. The van der Waals surface area contributed by atoms with Crippen LogP contribution in [0.15, 0.2) is 41.1 Å². The molecule has 0 atom stereocenters. The number of hydrogen-bond donors (Lipinski definition) is 0. The summed E-state index contributed by atoms with van der Waals surface area (Å²) in [5.41, 5.74) is 5.46. The van der Waals surface area contributed by atoms with Gasteiger partial charge in [0.2, 0.25) is 0 Å². The smallest absolute Gasteiger partial charge is 0.336 e. The lowest BCUT2D eigenvalue weighted by Crippen LogP contribution is -2.15. The number of likely N-dealkylation sites (N-methyl/N-ethyl adjacent to an activating group) is 1. The van der Waals surface area contributed by atoms with Gasteiger partial charge in [-0.3, -0.25) is 0 Å². The molecule has 1 aliphatic heterocycles. The van der Waals surface area contributed by atoms with Crippen molar-refractivity contribution in [3.8, 4) is 0 Å². The van der Waals surface area contributed by atoms with E-state index in [0.29, 0.717) is 6.42 Å². The van der Waals surface area contributed by atoms with Crippen molar-refractivity contribution in [1.29, 1.82) is 0 Å². The van der Waals surface area contributed by atoms with Crippen molar-refractivity contribution in [3.63, 3.8) is 0 Å². The molecule has 3 nitrogen and oxygen atoms in total. The van der Waals surface area contributed by atoms with E-state index < -0.39 is 0 Å². The van der Waals surface area contributed by atoms with Gasteiger partial charge >= 0.3 is 5.97 Å². The molecule has 1 aliphatic carbocycles. The van der Waals surface area contributed by atoms with Gasteiger partial charge in [0.05, 0.1) is 18.4 Å². The first-order valence-electron chi connectivity index (χ1n) is 6.62. The summed E-state index contributed by atoms with van der Waals surface area (Å²) in [6, 6.07) is 7.81. The van der Waals surface area contributed by atoms with Crippen molar-refractivity contribution in [2.75, 3.05) is 20.7 Å². The Kier molecular flexibility index (Phi) is 3.30. The zero-order valence-electron chi connectivity index (χ0n) is 11.6. The lowest BCUT2D eigenvalue weighted by atomic mass is 9.99. The Bertz CT molecular complexity index is 628. The number of esters is 1. The SMILES string of the molecule is COC(=O)C1=C2C(=C(c3ccc(Cl)cc3)C1)CCN2C. The van der Waals surface area contributed by atoms with Gasteiger partial charge in [-0.15, -0.1) is 0 Å². The number of nitrogens with zero attached hydrogens (tertiary/aromatic N) is 1. The first kappa shape index (κ1) is 13.3. The molecule has 1 aromatic rings. The molecule has 0 unspecified atom stereocenters. The minimum absolute atomic E-state index is 0.227. The zero-order chi connectivity index (χ0) is 14.3. The van der Waals surface area contributed by atoms with Gasteiger partial charge in [-0.05, 0) is 35.3 Å². The number of rotatable bonds is 2. The lowest BCUT2D eigenvalue weighted by molar-refractivity contribution is -0.136. The van der Waals surface area contributed by atoms with Crippen molar-refractivity contribution in [2.45, 2.75) is 12.8 Å². The predicted octanol–water partition coefficient (Wildman–Crippen LogP) is 3.26. The maximum absolute atomic E-state index is 12.0. The topological polar surface area (TPSA) is 29.5 Å². The second kappa shape index (κ2) is 4.98. The lowest BCUT2D eigenvalue weighted by Gasteiger charge is -2.13. The van der Waals surface area contributed by atoms with Crippen LogP contribution in [0.2, 0.25) is 5.02 Å². The summed E-state index contributed by atoms with van der Waals surface area (Å²) >= 11 is 5.95. The largest absolute Gasteiger partial charge is 0.466 e. The third-order valence-electron chi connectivity index (χ3n) is 3.99. The first-order chi connectivity index (χ1) is 9.61. The second-order valence-electron chi connectivity index (χ2n) is 5.13. The van der Waals surface area contributed by atoms with Crippen LogP contribution in [-0.2, 0) is 9.53 Å². The van der Waals surface area contributed by atoms with Crippen molar-refractivity contribution in [3.05, 3.63) is 51.7 Å². The van der Waals surface area contributed by atoms with Crippen LogP contribution in [0.5, 0.6) is 0 Å². The molecule has 0 spiro atoms. The summed E-state index contributed by atoms with van der Waals surface area (Å²) in [5.74, 6) is -0.227. The number of benzene rings is 1. The van der Waals surface area contributed by atoms with E-state index >= 15 is 0 Å². The van der Waals surface area contributed by atoms with E-state index in [0.717, 1.165) is 34.8 Å². The van der Waals surface area contributed by atoms with Crippen LogP contribution in [0.3, 0.4) is 0 Å². The summed E-state index contributed by atoms with van der Waals surface area (Å²) in [7, 11) is 3.46. The molecule has 0 amide bonds. The number of halogens is 1. The molecule has 104 valence electrons. The Labute approximate surface area is 123 Å². The van der Waals surface area contributed by atoms with Gasteiger partial charge < -0.3 is 9.64 Å². The highest BCUT2D eigenvalue weighted by Gasteiger charge is 2.35. The minimum Gasteiger partial charge on any atom is -0.466 e. The van der Waals surface area contributed by atoms with Crippen LogP contribution in [0.1, 0.15) is 18.4 Å². The van der Waals surface area contributed by atoms with Crippen LogP contribution in [0.25, 0.3) is 5.57 Å². The molecule has 20 heavy (non-hydrogen) atoms. The molecular formula is C16H16ClNO2. The highest BCUT2D eigenvalue weighted by molar-refractivity contribution is 6.30. The normalized spacial score (nSPS) is 17.9. The summed E-state index contributed by atoms with van der Waals surface area (Å²) in [6.07, 6.45) is 1.62. The third-order valence-corrected chi connectivity index (χ3v) is 4.24. The van der Waals surface area contributed by atoms with Gasteiger partial charge in [0.1, 0.15) is 0 Å². The number of hydrogen-bond acceptors (Lipinski definition) is 3. The first-order valence-corrected chi connectivity index (χ1v) is 7.00. The minimum atomic E-state index is -0.227. The Morgan fingerprint density at radius 3 is 2.60 bits per heavy atom. The van der Waals surface area contributed by atoms with Gasteiger partial charge in [0, 0.05) is 25.0 Å². The Balaban J connectivity index is 2.04. The molecule has 2 aliphatic rings. The average molecular weight is 290 g/mol.